The Morgan fingerprint density at radius 1 is 1.32 bits per heavy atom. The highest BCUT2D eigenvalue weighted by molar-refractivity contribution is 5.78. The van der Waals surface area contributed by atoms with Crippen molar-refractivity contribution in [3.05, 3.63) is 35.4 Å². The standard InChI is InChI=1S/C15H18N2O2/c16-10-13-3-1-12(2-4-13)9-15(19)17-7-5-14(11-18)6-8-17/h1-4,14,18H,5-9,11H2. The largest absolute Gasteiger partial charge is 0.396 e. The molecule has 1 aliphatic heterocycles. The van der Waals surface area contributed by atoms with Crippen LogP contribution in [0.15, 0.2) is 24.3 Å². The van der Waals surface area contributed by atoms with E-state index in [4.69, 9.17) is 10.4 Å². The highest BCUT2D eigenvalue weighted by Crippen LogP contribution is 2.17. The number of aliphatic hydroxyl groups is 1. The number of piperidine rings is 1. The molecular weight excluding hydrogens is 240 g/mol. The van der Waals surface area contributed by atoms with Gasteiger partial charge in [-0.05, 0) is 36.5 Å². The summed E-state index contributed by atoms with van der Waals surface area (Å²) in [5.41, 5.74) is 1.55. The Morgan fingerprint density at radius 2 is 1.95 bits per heavy atom. The molecule has 1 N–H and O–H groups in total. The fraction of sp³-hybridized carbons (Fsp3) is 0.467. The highest BCUT2D eigenvalue weighted by atomic mass is 16.3. The normalized spacial score (nSPS) is 16.1. The van der Waals surface area contributed by atoms with Gasteiger partial charge < -0.3 is 10.0 Å². The number of nitriles is 1. The number of likely N-dealkylation sites (tertiary alicyclic amines) is 1. The average molecular weight is 258 g/mol. The number of hydrogen-bond donors (Lipinski definition) is 1. The minimum Gasteiger partial charge on any atom is -0.396 e. The van der Waals surface area contributed by atoms with Crippen molar-refractivity contribution in [1.29, 1.82) is 5.26 Å². The topological polar surface area (TPSA) is 64.3 Å². The number of amides is 1. The molecule has 0 radical (unpaired) electrons. The van der Waals surface area contributed by atoms with E-state index in [9.17, 15) is 4.79 Å². The van der Waals surface area contributed by atoms with Gasteiger partial charge in [-0.3, -0.25) is 4.79 Å². The summed E-state index contributed by atoms with van der Waals surface area (Å²) in [6.07, 6.45) is 2.15. The molecule has 0 atom stereocenters. The van der Waals surface area contributed by atoms with Gasteiger partial charge in [0.05, 0.1) is 18.1 Å². The lowest BCUT2D eigenvalue weighted by atomic mass is 9.97. The van der Waals surface area contributed by atoms with Gasteiger partial charge in [0.1, 0.15) is 0 Å². The molecule has 4 nitrogen and oxygen atoms in total. The van der Waals surface area contributed by atoms with Crippen LogP contribution in [-0.2, 0) is 11.2 Å². The second-order valence-electron chi connectivity index (χ2n) is 4.99. The van der Waals surface area contributed by atoms with Gasteiger partial charge in [-0.1, -0.05) is 12.1 Å². The van der Waals surface area contributed by atoms with Crippen LogP contribution in [0, 0.1) is 17.2 Å². The Hall–Kier alpha value is -1.86. The third kappa shape index (κ3) is 3.55. The van der Waals surface area contributed by atoms with E-state index in [0.29, 0.717) is 17.9 Å². The van der Waals surface area contributed by atoms with Crippen LogP contribution in [0.5, 0.6) is 0 Å². The number of aliphatic hydroxyl groups excluding tert-OH is 1. The van der Waals surface area contributed by atoms with Crippen molar-refractivity contribution >= 4 is 5.91 Å². The minimum absolute atomic E-state index is 0.126. The molecule has 0 aromatic heterocycles. The second-order valence-corrected chi connectivity index (χ2v) is 4.99. The van der Waals surface area contributed by atoms with Gasteiger partial charge in [-0.15, -0.1) is 0 Å². The van der Waals surface area contributed by atoms with Crippen LogP contribution >= 0.6 is 0 Å². The molecule has 0 aliphatic carbocycles. The number of nitrogens with zero attached hydrogens (tertiary/aromatic N) is 2. The third-order valence-electron chi connectivity index (χ3n) is 3.66. The lowest BCUT2D eigenvalue weighted by molar-refractivity contribution is -0.132. The minimum atomic E-state index is 0.126. The Labute approximate surface area is 113 Å². The van der Waals surface area contributed by atoms with E-state index in [-0.39, 0.29) is 12.5 Å². The molecule has 1 aromatic carbocycles. The molecule has 0 spiro atoms. The first-order valence-electron chi connectivity index (χ1n) is 6.60. The van der Waals surface area contributed by atoms with Crippen molar-refractivity contribution in [2.45, 2.75) is 19.3 Å². The zero-order valence-electron chi connectivity index (χ0n) is 10.9. The van der Waals surface area contributed by atoms with Crippen molar-refractivity contribution in [1.82, 2.24) is 4.90 Å². The van der Waals surface area contributed by atoms with E-state index < -0.39 is 0 Å². The van der Waals surface area contributed by atoms with Crippen molar-refractivity contribution in [3.63, 3.8) is 0 Å². The Bertz CT molecular complexity index is 468. The van der Waals surface area contributed by atoms with Gasteiger partial charge in [0, 0.05) is 19.7 Å². The quantitative estimate of drug-likeness (QED) is 0.889. The van der Waals surface area contributed by atoms with Crippen LogP contribution in [0.25, 0.3) is 0 Å². The van der Waals surface area contributed by atoms with E-state index in [2.05, 4.69) is 6.07 Å². The first kappa shape index (κ1) is 13.6. The molecule has 1 fully saturated rings. The number of benzene rings is 1. The summed E-state index contributed by atoms with van der Waals surface area (Å²) in [4.78, 5) is 14.0. The molecule has 1 heterocycles. The molecule has 1 aliphatic rings. The number of hydrogen-bond acceptors (Lipinski definition) is 3. The molecule has 2 rings (SSSR count). The SMILES string of the molecule is N#Cc1ccc(CC(=O)N2CCC(CO)CC2)cc1. The molecule has 0 bridgehead atoms. The molecule has 1 aromatic rings. The van der Waals surface area contributed by atoms with Crippen molar-refractivity contribution in [2.75, 3.05) is 19.7 Å². The summed E-state index contributed by atoms with van der Waals surface area (Å²) >= 11 is 0. The fourth-order valence-electron chi connectivity index (χ4n) is 2.35. The lowest BCUT2D eigenvalue weighted by Gasteiger charge is -2.31. The van der Waals surface area contributed by atoms with Gasteiger partial charge in [-0.25, -0.2) is 0 Å². The van der Waals surface area contributed by atoms with Crippen molar-refractivity contribution < 1.29 is 9.90 Å². The molecule has 1 saturated heterocycles. The Morgan fingerprint density at radius 3 is 2.47 bits per heavy atom. The van der Waals surface area contributed by atoms with Crippen LogP contribution in [0.4, 0.5) is 0 Å². The lowest BCUT2D eigenvalue weighted by Crippen LogP contribution is -2.40. The maximum Gasteiger partial charge on any atom is 0.226 e. The first-order valence-corrected chi connectivity index (χ1v) is 6.60. The monoisotopic (exact) mass is 258 g/mol. The molecule has 0 saturated carbocycles. The van der Waals surface area contributed by atoms with Crippen LogP contribution in [0.2, 0.25) is 0 Å². The van der Waals surface area contributed by atoms with E-state index in [0.717, 1.165) is 31.5 Å². The summed E-state index contributed by atoms with van der Waals surface area (Å²) in [6.45, 7) is 1.69. The summed E-state index contributed by atoms with van der Waals surface area (Å²) in [5, 5.41) is 17.8. The number of rotatable bonds is 3. The maximum absolute atomic E-state index is 12.1. The van der Waals surface area contributed by atoms with Gasteiger partial charge in [0.2, 0.25) is 5.91 Å². The summed E-state index contributed by atoms with van der Waals surface area (Å²) in [7, 11) is 0. The number of carbonyl (C=O) groups excluding carboxylic acids is 1. The van der Waals surface area contributed by atoms with E-state index in [1.54, 1.807) is 12.1 Å². The van der Waals surface area contributed by atoms with Crippen molar-refractivity contribution in [3.8, 4) is 6.07 Å². The highest BCUT2D eigenvalue weighted by Gasteiger charge is 2.22. The second kappa shape index (κ2) is 6.35. The average Bonchev–Trinajstić information content (AvgIpc) is 2.48. The summed E-state index contributed by atoms with van der Waals surface area (Å²) < 4.78 is 0. The van der Waals surface area contributed by atoms with Crippen LogP contribution < -0.4 is 0 Å². The van der Waals surface area contributed by atoms with E-state index in [1.165, 1.54) is 0 Å². The zero-order valence-corrected chi connectivity index (χ0v) is 10.9. The van der Waals surface area contributed by atoms with Crippen molar-refractivity contribution in [2.24, 2.45) is 5.92 Å². The first-order chi connectivity index (χ1) is 9.22. The van der Waals surface area contributed by atoms with E-state index >= 15 is 0 Å². The fourth-order valence-corrected chi connectivity index (χ4v) is 2.35. The van der Waals surface area contributed by atoms with Gasteiger partial charge in [-0.2, -0.15) is 5.26 Å². The maximum atomic E-state index is 12.1. The van der Waals surface area contributed by atoms with Crippen LogP contribution in [0.3, 0.4) is 0 Å². The number of carbonyl (C=O) groups is 1. The van der Waals surface area contributed by atoms with Gasteiger partial charge >= 0.3 is 0 Å². The summed E-state index contributed by atoms with van der Waals surface area (Å²) in [5.74, 6) is 0.472. The Kier molecular flexibility index (Phi) is 4.53. The van der Waals surface area contributed by atoms with Gasteiger partial charge in [0.25, 0.3) is 0 Å². The molecule has 0 unspecified atom stereocenters. The predicted molar refractivity (Wildman–Crippen MR) is 71.3 cm³/mol. The molecular formula is C15H18N2O2. The molecule has 4 heteroatoms. The smallest absolute Gasteiger partial charge is 0.226 e. The van der Waals surface area contributed by atoms with Crippen LogP contribution in [0.1, 0.15) is 24.0 Å². The van der Waals surface area contributed by atoms with Crippen LogP contribution in [-0.4, -0.2) is 35.6 Å². The van der Waals surface area contributed by atoms with E-state index in [1.807, 2.05) is 17.0 Å². The molecule has 19 heavy (non-hydrogen) atoms. The third-order valence-corrected chi connectivity index (χ3v) is 3.66. The molecule has 100 valence electrons. The van der Waals surface area contributed by atoms with Gasteiger partial charge in [0.15, 0.2) is 0 Å². The molecule has 1 amide bonds. The zero-order chi connectivity index (χ0) is 13.7. The Balaban J connectivity index is 1.89. The predicted octanol–water partition coefficient (Wildman–Crippen LogP) is 1.33. The summed E-state index contributed by atoms with van der Waals surface area (Å²) in [6, 6.07) is 9.20.